The molecule has 210 valence electrons. The Kier molecular flexibility index (Phi) is 10.4. The lowest BCUT2D eigenvalue weighted by atomic mass is 9.97. The van der Waals surface area contributed by atoms with Crippen molar-refractivity contribution >= 4 is 22.6 Å². The minimum absolute atomic E-state index is 0.0881. The normalized spacial score (nSPS) is 11.1. The zero-order valence-corrected chi connectivity index (χ0v) is 21.7. The summed E-state index contributed by atoms with van der Waals surface area (Å²) >= 11 is 0. The lowest BCUT2D eigenvalue weighted by Crippen LogP contribution is -2.25. The average Bonchev–Trinajstić information content (AvgIpc) is 2.90. The predicted molar refractivity (Wildman–Crippen MR) is 144 cm³/mol. The van der Waals surface area contributed by atoms with Crippen molar-refractivity contribution in [3.8, 4) is 11.1 Å². The van der Waals surface area contributed by atoms with Crippen molar-refractivity contribution in [2.45, 2.75) is 38.8 Å². The predicted octanol–water partition coefficient (Wildman–Crippen LogP) is 7.93. The van der Waals surface area contributed by atoms with Crippen LogP contribution in [-0.4, -0.2) is 29.7 Å². The second-order valence-corrected chi connectivity index (χ2v) is 9.16. The molecule has 0 fully saturated rings. The lowest BCUT2D eigenvalue weighted by molar-refractivity contribution is -0.137. The first-order chi connectivity index (χ1) is 18.9. The Bertz CT molecular complexity index is 1470. The van der Waals surface area contributed by atoms with Gasteiger partial charge in [0.2, 0.25) is 0 Å². The van der Waals surface area contributed by atoms with Crippen LogP contribution in [0.5, 0.6) is 0 Å². The van der Waals surface area contributed by atoms with Crippen molar-refractivity contribution < 1.29 is 36.6 Å². The number of carboxylic acids is 1. The number of amides is 1. The highest BCUT2D eigenvalue weighted by atomic mass is 19.4. The van der Waals surface area contributed by atoms with Crippen LogP contribution in [0.25, 0.3) is 21.9 Å². The molecule has 4 nitrogen and oxygen atoms in total. The number of nitrogens with one attached hydrogen (secondary N) is 1. The first-order valence-electron chi connectivity index (χ1n) is 12.6. The molecule has 40 heavy (non-hydrogen) atoms. The quantitative estimate of drug-likeness (QED) is 0.216. The molecule has 1 amide bonds. The lowest BCUT2D eigenvalue weighted by Gasteiger charge is -2.08. The van der Waals surface area contributed by atoms with Crippen LogP contribution in [0.15, 0.2) is 78.9 Å². The van der Waals surface area contributed by atoms with Crippen LogP contribution in [0.1, 0.15) is 47.7 Å². The van der Waals surface area contributed by atoms with Gasteiger partial charge in [-0.15, -0.1) is 0 Å². The molecule has 4 rings (SSSR count). The topological polar surface area (TPSA) is 66.4 Å². The minimum atomic E-state index is -3.95. The second-order valence-electron chi connectivity index (χ2n) is 9.16. The highest BCUT2D eigenvalue weighted by Gasteiger charge is 2.24. The van der Waals surface area contributed by atoms with E-state index in [4.69, 9.17) is 5.11 Å². The van der Waals surface area contributed by atoms with Gasteiger partial charge in [0.15, 0.2) is 11.6 Å². The number of carbonyl (C=O) groups is 2. The number of fused-ring (bicyclic) bond motifs is 1. The van der Waals surface area contributed by atoms with Gasteiger partial charge in [0.05, 0.1) is 6.42 Å². The standard InChI is InChI=1S/C27H21F2NO3.C4H7F3/c28-24-10-9-23(16-25(24)29)22-8-7-20-14-18(3-6-21(20)15-22)13-17-1-4-19(5-2-17)27(33)30-12-11-26(31)32;1-2-3-4(5,6)7/h1-10,14-16H,11-13H2,(H,30,33)(H,31,32);2-3H2,1H3. The minimum Gasteiger partial charge on any atom is -0.481 e. The summed E-state index contributed by atoms with van der Waals surface area (Å²) < 4.78 is 60.0. The third-order valence-electron chi connectivity index (χ3n) is 5.94. The van der Waals surface area contributed by atoms with Crippen molar-refractivity contribution in [3.63, 3.8) is 0 Å². The fourth-order valence-corrected chi connectivity index (χ4v) is 3.94. The molecule has 0 radical (unpaired) electrons. The summed E-state index contributed by atoms with van der Waals surface area (Å²) in [7, 11) is 0. The van der Waals surface area contributed by atoms with Gasteiger partial charge < -0.3 is 10.4 Å². The summed E-state index contributed by atoms with van der Waals surface area (Å²) in [5, 5.41) is 13.3. The van der Waals surface area contributed by atoms with Gasteiger partial charge in [0.25, 0.3) is 5.91 Å². The maximum Gasteiger partial charge on any atom is 0.389 e. The van der Waals surface area contributed by atoms with Crippen molar-refractivity contribution in [1.29, 1.82) is 0 Å². The summed E-state index contributed by atoms with van der Waals surface area (Å²) in [4.78, 5) is 22.6. The number of benzene rings is 4. The molecule has 0 saturated carbocycles. The summed E-state index contributed by atoms with van der Waals surface area (Å²) in [5.41, 5.74) is 4.04. The molecule has 9 heteroatoms. The summed E-state index contributed by atoms with van der Waals surface area (Å²) in [6.07, 6.45) is -3.86. The molecular formula is C31H28F5NO3. The molecule has 0 aliphatic carbocycles. The Morgan fingerprint density at radius 2 is 1.38 bits per heavy atom. The highest BCUT2D eigenvalue weighted by Crippen LogP contribution is 2.27. The van der Waals surface area contributed by atoms with Crippen molar-refractivity contribution in [3.05, 3.63) is 107 Å². The molecule has 0 aliphatic rings. The monoisotopic (exact) mass is 557 g/mol. The summed E-state index contributed by atoms with van der Waals surface area (Å²) in [6.45, 7) is 1.60. The highest BCUT2D eigenvalue weighted by molar-refractivity contribution is 5.94. The Hall–Kier alpha value is -4.27. The number of halogens is 5. The first kappa shape index (κ1) is 30.3. The third kappa shape index (κ3) is 9.18. The van der Waals surface area contributed by atoms with Gasteiger partial charge in [0, 0.05) is 18.5 Å². The van der Waals surface area contributed by atoms with E-state index >= 15 is 0 Å². The van der Waals surface area contributed by atoms with Gasteiger partial charge in [0.1, 0.15) is 0 Å². The van der Waals surface area contributed by atoms with Crippen molar-refractivity contribution in [2.75, 3.05) is 6.54 Å². The number of hydrogen-bond donors (Lipinski definition) is 2. The van der Waals surface area contributed by atoms with Crippen LogP contribution in [0.2, 0.25) is 0 Å². The molecule has 2 N–H and O–H groups in total. The van der Waals surface area contributed by atoms with Gasteiger partial charge in [-0.05, 0) is 76.2 Å². The maximum atomic E-state index is 13.6. The van der Waals surface area contributed by atoms with Crippen LogP contribution >= 0.6 is 0 Å². The van der Waals surface area contributed by atoms with E-state index in [1.54, 1.807) is 18.2 Å². The Morgan fingerprint density at radius 1 is 0.775 bits per heavy atom. The van der Waals surface area contributed by atoms with Crippen LogP contribution < -0.4 is 5.32 Å². The molecule has 0 saturated heterocycles. The van der Waals surface area contributed by atoms with Crippen molar-refractivity contribution in [2.24, 2.45) is 0 Å². The molecule has 0 aliphatic heterocycles. The van der Waals surface area contributed by atoms with E-state index in [-0.39, 0.29) is 25.3 Å². The van der Waals surface area contributed by atoms with Gasteiger partial charge in [-0.3, -0.25) is 9.59 Å². The molecule has 4 aromatic carbocycles. The number of carboxylic acid groups (broad SMARTS) is 1. The second kappa shape index (κ2) is 13.7. The van der Waals surface area contributed by atoms with E-state index < -0.39 is 30.2 Å². The molecule has 0 unspecified atom stereocenters. The SMILES string of the molecule is CCCC(F)(F)F.O=C(O)CCNC(=O)c1ccc(Cc2ccc3cc(-c4ccc(F)c(F)c4)ccc3c2)cc1. The Morgan fingerprint density at radius 3 is 1.98 bits per heavy atom. The van der Waals surface area contributed by atoms with Crippen molar-refractivity contribution in [1.82, 2.24) is 5.32 Å². The zero-order chi connectivity index (χ0) is 29.3. The van der Waals surface area contributed by atoms with Gasteiger partial charge in [-0.2, -0.15) is 13.2 Å². The largest absolute Gasteiger partial charge is 0.481 e. The molecule has 0 heterocycles. The smallest absolute Gasteiger partial charge is 0.389 e. The number of alkyl halides is 3. The molecule has 0 aromatic heterocycles. The zero-order valence-electron chi connectivity index (χ0n) is 21.7. The van der Waals surface area contributed by atoms with E-state index in [2.05, 4.69) is 11.4 Å². The molecular weight excluding hydrogens is 529 g/mol. The summed E-state index contributed by atoms with van der Waals surface area (Å²) in [6, 6.07) is 23.0. The average molecular weight is 558 g/mol. The molecule has 4 aromatic rings. The van der Waals surface area contributed by atoms with E-state index in [9.17, 15) is 31.5 Å². The van der Waals surface area contributed by atoms with Gasteiger partial charge >= 0.3 is 12.1 Å². The molecule has 0 bridgehead atoms. The molecule has 0 atom stereocenters. The van der Waals surface area contributed by atoms with Gasteiger partial charge in [-0.1, -0.05) is 55.5 Å². The number of hydrogen-bond acceptors (Lipinski definition) is 2. The van der Waals surface area contributed by atoms with Crippen LogP contribution in [0, 0.1) is 11.6 Å². The van der Waals surface area contributed by atoms with E-state index in [1.165, 1.54) is 13.0 Å². The van der Waals surface area contributed by atoms with Crippen LogP contribution in [0.4, 0.5) is 22.0 Å². The van der Waals surface area contributed by atoms with E-state index in [1.807, 2.05) is 42.5 Å². The van der Waals surface area contributed by atoms with Crippen LogP contribution in [0.3, 0.4) is 0 Å². The number of aliphatic carboxylic acids is 1. The third-order valence-corrected chi connectivity index (χ3v) is 5.94. The Labute approximate surface area is 228 Å². The van der Waals surface area contributed by atoms with E-state index in [0.717, 1.165) is 33.5 Å². The fraction of sp³-hybridized carbons (Fsp3) is 0.226. The first-order valence-corrected chi connectivity index (χ1v) is 12.6. The fourth-order valence-electron chi connectivity index (χ4n) is 3.94. The van der Waals surface area contributed by atoms with E-state index in [0.29, 0.717) is 17.5 Å². The van der Waals surface area contributed by atoms with Crippen LogP contribution in [-0.2, 0) is 11.2 Å². The number of rotatable bonds is 8. The Balaban J connectivity index is 0.000000559. The number of carbonyl (C=O) groups excluding carboxylic acids is 1. The van der Waals surface area contributed by atoms with Gasteiger partial charge in [-0.25, -0.2) is 8.78 Å². The summed E-state index contributed by atoms with van der Waals surface area (Å²) in [5.74, 6) is -2.99. The molecule has 0 spiro atoms. The maximum absolute atomic E-state index is 13.6.